The monoisotopic (exact) mass is 665 g/mol. The van der Waals surface area contributed by atoms with Gasteiger partial charge in [-0.15, -0.1) is 0 Å². The number of benzene rings is 2. The maximum absolute atomic E-state index is 14.1. The number of hydrogen-bond donors (Lipinski definition) is 4. The van der Waals surface area contributed by atoms with Gasteiger partial charge >= 0.3 is 0 Å². The van der Waals surface area contributed by atoms with Crippen molar-refractivity contribution >= 4 is 33.2 Å². The van der Waals surface area contributed by atoms with Gasteiger partial charge in [-0.2, -0.15) is 4.72 Å². The number of pyridine rings is 1. The Balaban J connectivity index is 1.38. The van der Waals surface area contributed by atoms with Crippen LogP contribution in [0, 0.1) is 5.92 Å². The molecule has 5 N–H and O–H groups in total. The zero-order valence-corrected chi connectivity index (χ0v) is 27.3. The Morgan fingerprint density at radius 1 is 1.02 bits per heavy atom. The first-order valence-electron chi connectivity index (χ1n) is 16.1. The van der Waals surface area contributed by atoms with Crippen LogP contribution in [-0.2, 0) is 32.5 Å². The number of nitrogen functional groups attached to an aromatic ring is 1. The number of piperidine rings is 1. The SMILES string of the molecule is Nc1ccc(C[C@H](NS(=O)(=O)c2cnccc2N[C@@H](Cc2ccccc2)CN2CCNC(=O)C2)C(=O)N2CCC(CCF)CC2)cc1. The largest absolute Gasteiger partial charge is 0.399 e. The summed E-state index contributed by atoms with van der Waals surface area (Å²) in [4.78, 5) is 33.8. The number of alkyl halides is 1. The summed E-state index contributed by atoms with van der Waals surface area (Å²) in [6.45, 7) is 2.50. The van der Waals surface area contributed by atoms with Crippen LogP contribution in [0.2, 0.25) is 0 Å². The second-order valence-electron chi connectivity index (χ2n) is 12.4. The predicted octanol–water partition coefficient (Wildman–Crippen LogP) is 2.61. The number of halogens is 1. The molecule has 2 saturated heterocycles. The predicted molar refractivity (Wildman–Crippen MR) is 180 cm³/mol. The molecule has 47 heavy (non-hydrogen) atoms. The van der Waals surface area contributed by atoms with E-state index in [-0.39, 0.29) is 48.3 Å². The number of anilines is 2. The number of sulfonamides is 1. The van der Waals surface area contributed by atoms with E-state index in [9.17, 15) is 22.4 Å². The van der Waals surface area contributed by atoms with Crippen molar-refractivity contribution in [2.75, 3.05) is 57.0 Å². The lowest BCUT2D eigenvalue weighted by atomic mass is 9.93. The summed E-state index contributed by atoms with van der Waals surface area (Å²) in [6, 6.07) is 17.2. The number of carbonyl (C=O) groups excluding carboxylic acids is 2. The topological polar surface area (TPSA) is 150 Å². The fraction of sp³-hybridized carbons (Fsp3) is 0.441. The first kappa shape index (κ1) is 34.3. The average Bonchev–Trinajstić information content (AvgIpc) is 3.06. The van der Waals surface area contributed by atoms with Gasteiger partial charge in [0.1, 0.15) is 10.9 Å². The third-order valence-corrected chi connectivity index (χ3v) is 10.3. The van der Waals surface area contributed by atoms with E-state index >= 15 is 0 Å². The van der Waals surface area contributed by atoms with E-state index in [2.05, 4.69) is 20.3 Å². The van der Waals surface area contributed by atoms with E-state index in [0.717, 1.165) is 11.1 Å². The number of amides is 2. The summed E-state index contributed by atoms with van der Waals surface area (Å²) in [5.41, 5.74) is 8.60. The average molecular weight is 666 g/mol. The Morgan fingerprint density at radius 2 is 1.74 bits per heavy atom. The minimum Gasteiger partial charge on any atom is -0.399 e. The minimum absolute atomic E-state index is 0.0467. The number of nitrogens with one attached hydrogen (secondary N) is 3. The number of likely N-dealkylation sites (tertiary alicyclic amines) is 1. The van der Waals surface area contributed by atoms with Crippen molar-refractivity contribution in [3.05, 3.63) is 84.2 Å². The third-order valence-electron chi connectivity index (χ3n) is 8.81. The van der Waals surface area contributed by atoms with Gasteiger partial charge in [0.15, 0.2) is 0 Å². The third kappa shape index (κ3) is 9.72. The van der Waals surface area contributed by atoms with Crippen LogP contribution in [0.1, 0.15) is 30.4 Å². The van der Waals surface area contributed by atoms with Gasteiger partial charge in [-0.3, -0.25) is 23.9 Å². The first-order chi connectivity index (χ1) is 22.7. The number of rotatable bonds is 14. The van der Waals surface area contributed by atoms with E-state index in [1.807, 2.05) is 35.2 Å². The molecule has 252 valence electrons. The van der Waals surface area contributed by atoms with Crippen LogP contribution in [0.4, 0.5) is 15.8 Å². The Kier molecular flexibility index (Phi) is 11.8. The van der Waals surface area contributed by atoms with E-state index in [1.54, 1.807) is 35.2 Å². The van der Waals surface area contributed by atoms with Crippen molar-refractivity contribution in [1.82, 2.24) is 24.8 Å². The fourth-order valence-electron chi connectivity index (χ4n) is 6.29. The molecule has 1 aromatic heterocycles. The lowest BCUT2D eigenvalue weighted by molar-refractivity contribution is -0.134. The summed E-state index contributed by atoms with van der Waals surface area (Å²) >= 11 is 0. The molecule has 0 aliphatic carbocycles. The summed E-state index contributed by atoms with van der Waals surface area (Å²) in [7, 11) is -4.26. The zero-order chi connectivity index (χ0) is 33.2. The van der Waals surface area contributed by atoms with Crippen LogP contribution < -0.4 is 21.1 Å². The maximum Gasteiger partial charge on any atom is 0.244 e. The molecule has 11 nitrogen and oxygen atoms in total. The fourth-order valence-corrected chi connectivity index (χ4v) is 7.59. The Morgan fingerprint density at radius 3 is 2.45 bits per heavy atom. The van der Waals surface area contributed by atoms with Gasteiger partial charge in [0.25, 0.3) is 0 Å². The van der Waals surface area contributed by atoms with Crippen molar-refractivity contribution in [1.29, 1.82) is 0 Å². The molecule has 0 bridgehead atoms. The molecule has 3 heterocycles. The summed E-state index contributed by atoms with van der Waals surface area (Å²) in [5.74, 6) is -0.161. The van der Waals surface area contributed by atoms with Crippen LogP contribution in [0.3, 0.4) is 0 Å². The van der Waals surface area contributed by atoms with E-state index < -0.39 is 16.1 Å². The Bertz CT molecular complexity index is 1590. The highest BCUT2D eigenvalue weighted by Gasteiger charge is 2.33. The molecule has 2 aliphatic rings. The number of piperazine rings is 1. The smallest absolute Gasteiger partial charge is 0.244 e. The summed E-state index contributed by atoms with van der Waals surface area (Å²) in [5, 5.41) is 6.27. The highest BCUT2D eigenvalue weighted by atomic mass is 32.2. The van der Waals surface area contributed by atoms with Crippen LogP contribution in [0.25, 0.3) is 0 Å². The van der Waals surface area contributed by atoms with E-state index in [4.69, 9.17) is 5.73 Å². The molecule has 2 amide bonds. The normalized spacial score (nSPS) is 17.6. The quantitative estimate of drug-likeness (QED) is 0.192. The number of hydrogen-bond acceptors (Lipinski definition) is 8. The molecule has 2 aromatic carbocycles. The molecule has 0 spiro atoms. The molecule has 0 saturated carbocycles. The van der Waals surface area contributed by atoms with Gasteiger partial charge < -0.3 is 21.3 Å². The van der Waals surface area contributed by atoms with Gasteiger partial charge in [0.05, 0.1) is 18.9 Å². The molecule has 5 rings (SSSR count). The van der Waals surface area contributed by atoms with E-state index in [0.29, 0.717) is 69.8 Å². The summed E-state index contributed by atoms with van der Waals surface area (Å²) in [6.07, 6.45) is 5.34. The van der Waals surface area contributed by atoms with Crippen molar-refractivity contribution in [2.24, 2.45) is 5.92 Å². The molecule has 2 fully saturated rings. The molecule has 0 radical (unpaired) electrons. The van der Waals surface area contributed by atoms with Crippen LogP contribution >= 0.6 is 0 Å². The number of carbonyl (C=O) groups is 2. The van der Waals surface area contributed by atoms with Crippen molar-refractivity contribution < 1.29 is 22.4 Å². The second-order valence-corrected chi connectivity index (χ2v) is 14.0. The van der Waals surface area contributed by atoms with Crippen molar-refractivity contribution in [3.63, 3.8) is 0 Å². The van der Waals surface area contributed by atoms with Gasteiger partial charge in [-0.1, -0.05) is 42.5 Å². The maximum atomic E-state index is 14.1. The lowest BCUT2D eigenvalue weighted by Crippen LogP contribution is -2.52. The standard InChI is InChI=1S/C34H44FN7O4S/c35-14-10-25-12-17-42(18-13-25)34(44)31(21-27-6-8-28(36)9-7-27)40-47(45,46)32-22-37-15-11-30(32)39-29(20-26-4-2-1-3-5-26)23-41-19-16-38-33(43)24-41/h1-9,11,15,22,25,29,31,40H,10,12-14,16-21,23-24,36H2,(H,37,39)(H,38,43)/t29-,31-/m0/s1. The van der Waals surface area contributed by atoms with E-state index in [1.165, 1.54) is 12.4 Å². The van der Waals surface area contributed by atoms with Crippen LogP contribution in [0.15, 0.2) is 78.0 Å². The zero-order valence-electron chi connectivity index (χ0n) is 26.5. The molecule has 3 aromatic rings. The van der Waals surface area contributed by atoms with Gasteiger partial charge in [0, 0.05) is 56.8 Å². The Hall–Kier alpha value is -4.07. The van der Waals surface area contributed by atoms with Gasteiger partial charge in [-0.05, 0) is 67.3 Å². The minimum atomic E-state index is -4.26. The molecular weight excluding hydrogens is 621 g/mol. The van der Waals surface area contributed by atoms with Crippen LogP contribution in [-0.4, -0.2) is 93.0 Å². The van der Waals surface area contributed by atoms with Crippen LogP contribution in [0.5, 0.6) is 0 Å². The molecule has 2 aliphatic heterocycles. The summed E-state index contributed by atoms with van der Waals surface area (Å²) < 4.78 is 43.9. The highest BCUT2D eigenvalue weighted by molar-refractivity contribution is 7.89. The number of nitrogens with two attached hydrogens (primary N) is 1. The molecular formula is C34H44FN7O4S. The van der Waals surface area contributed by atoms with Gasteiger partial charge in [-0.25, -0.2) is 8.42 Å². The Labute approximate surface area is 276 Å². The molecule has 0 unspecified atom stereocenters. The van der Waals surface area contributed by atoms with Gasteiger partial charge in [0.2, 0.25) is 21.8 Å². The molecule has 2 atom stereocenters. The number of aromatic nitrogens is 1. The van der Waals surface area contributed by atoms with Crippen molar-refractivity contribution in [3.8, 4) is 0 Å². The molecule has 13 heteroatoms. The number of nitrogens with zero attached hydrogens (tertiary/aromatic N) is 3. The second kappa shape index (κ2) is 16.2. The lowest BCUT2D eigenvalue weighted by Gasteiger charge is -2.34. The highest BCUT2D eigenvalue weighted by Crippen LogP contribution is 2.25. The van der Waals surface area contributed by atoms with Crippen molar-refractivity contribution in [2.45, 2.75) is 49.1 Å². The first-order valence-corrected chi connectivity index (χ1v) is 17.6.